The van der Waals surface area contributed by atoms with E-state index in [0.717, 1.165) is 23.5 Å². The predicted octanol–water partition coefficient (Wildman–Crippen LogP) is 6.36. The molecule has 33 heavy (non-hydrogen) atoms. The number of carbonyl (C=O) groups is 2. The quantitative estimate of drug-likeness (QED) is 0.441. The average molecular weight is 464 g/mol. The van der Waals surface area contributed by atoms with Crippen molar-refractivity contribution in [2.24, 2.45) is 5.92 Å². The van der Waals surface area contributed by atoms with Crippen molar-refractivity contribution in [3.8, 4) is 23.0 Å². The molecule has 0 radical (unpaired) electrons. The van der Waals surface area contributed by atoms with E-state index in [-0.39, 0.29) is 0 Å². The Hall–Kier alpha value is -3.51. The molecule has 1 saturated carbocycles. The van der Waals surface area contributed by atoms with Gasteiger partial charge in [-0.05, 0) is 92.3 Å². The highest BCUT2D eigenvalue weighted by Crippen LogP contribution is 2.39. The highest BCUT2D eigenvalue weighted by atomic mass is 35.5. The van der Waals surface area contributed by atoms with Gasteiger partial charge >= 0.3 is 6.09 Å². The van der Waals surface area contributed by atoms with Crippen LogP contribution in [0.15, 0.2) is 66.7 Å². The van der Waals surface area contributed by atoms with Crippen molar-refractivity contribution in [2.75, 3.05) is 0 Å². The first-order chi connectivity index (χ1) is 15.9. The number of imide groups is 1. The fraction of sp³-hybridized carbons (Fsp3) is 0.231. The van der Waals surface area contributed by atoms with Crippen LogP contribution in [0.25, 0.3) is 0 Å². The van der Waals surface area contributed by atoms with Crippen molar-refractivity contribution in [3.05, 3.63) is 82.9 Å². The second-order valence-corrected chi connectivity index (χ2v) is 8.92. The van der Waals surface area contributed by atoms with Gasteiger partial charge in [0.1, 0.15) is 23.0 Å². The molecule has 1 heterocycles. The normalized spacial score (nSPS) is 19.7. The van der Waals surface area contributed by atoms with E-state index < -0.39 is 17.6 Å². The number of benzene rings is 3. The van der Waals surface area contributed by atoms with Crippen LogP contribution in [0, 0.1) is 5.92 Å². The maximum atomic E-state index is 12.2. The third-order valence-electron chi connectivity index (χ3n) is 5.85. The lowest BCUT2D eigenvalue weighted by Crippen LogP contribution is -2.33. The van der Waals surface area contributed by atoms with E-state index in [1.807, 2.05) is 30.3 Å². The van der Waals surface area contributed by atoms with E-state index in [1.165, 1.54) is 12.8 Å². The number of ether oxygens (including phenoxy) is 3. The van der Waals surface area contributed by atoms with Gasteiger partial charge in [0.2, 0.25) is 5.60 Å². The molecule has 0 bridgehead atoms. The van der Waals surface area contributed by atoms with Crippen LogP contribution in [0.2, 0.25) is 5.02 Å². The predicted molar refractivity (Wildman–Crippen MR) is 123 cm³/mol. The largest absolute Gasteiger partial charge is 0.457 e. The van der Waals surface area contributed by atoms with Crippen molar-refractivity contribution in [2.45, 2.75) is 31.8 Å². The Morgan fingerprint density at radius 1 is 0.970 bits per heavy atom. The monoisotopic (exact) mass is 463 g/mol. The number of nitrogens with one attached hydrogen (secondary N) is 1. The molecule has 2 amide bonds. The molecule has 1 atom stereocenters. The van der Waals surface area contributed by atoms with Crippen molar-refractivity contribution < 1.29 is 23.8 Å². The highest BCUT2D eigenvalue weighted by Gasteiger charge is 2.46. The number of cyclic esters (lactones) is 1. The van der Waals surface area contributed by atoms with E-state index in [2.05, 4.69) is 5.32 Å². The van der Waals surface area contributed by atoms with Gasteiger partial charge in [0.25, 0.3) is 5.91 Å². The Labute approximate surface area is 196 Å². The van der Waals surface area contributed by atoms with Crippen molar-refractivity contribution in [3.63, 3.8) is 0 Å². The minimum Gasteiger partial charge on any atom is -0.457 e. The lowest BCUT2D eigenvalue weighted by atomic mass is 9.95. The molecule has 1 aliphatic heterocycles. The second kappa shape index (κ2) is 8.45. The molecular weight excluding hydrogens is 442 g/mol. The van der Waals surface area contributed by atoms with Crippen LogP contribution in [0.1, 0.15) is 30.9 Å². The van der Waals surface area contributed by atoms with Gasteiger partial charge in [-0.15, -0.1) is 0 Å². The summed E-state index contributed by atoms with van der Waals surface area (Å²) in [5.74, 6) is 2.84. The van der Waals surface area contributed by atoms with Crippen LogP contribution in [0.4, 0.5) is 4.79 Å². The SMILES string of the molecule is C[C@]1(c2cccc(Oc3ccc(Oc4ccc(Cl)cc4)cc3CC3CC3)c2)OC(=O)NC1=O. The third-order valence-corrected chi connectivity index (χ3v) is 6.10. The molecule has 1 saturated heterocycles. The molecule has 3 aromatic carbocycles. The summed E-state index contributed by atoms with van der Waals surface area (Å²) in [7, 11) is 0. The van der Waals surface area contributed by atoms with Gasteiger partial charge in [-0.1, -0.05) is 23.7 Å². The van der Waals surface area contributed by atoms with Crippen LogP contribution in [-0.4, -0.2) is 12.0 Å². The van der Waals surface area contributed by atoms with Gasteiger partial charge < -0.3 is 14.2 Å². The zero-order valence-corrected chi connectivity index (χ0v) is 18.7. The second-order valence-electron chi connectivity index (χ2n) is 8.48. The Morgan fingerprint density at radius 2 is 1.70 bits per heavy atom. The van der Waals surface area contributed by atoms with Crippen LogP contribution in [-0.2, 0) is 21.6 Å². The smallest absolute Gasteiger partial charge is 0.415 e. The number of hydrogen-bond donors (Lipinski definition) is 1. The van der Waals surface area contributed by atoms with Crippen LogP contribution in [0.3, 0.4) is 0 Å². The fourth-order valence-corrected chi connectivity index (χ4v) is 3.92. The minimum atomic E-state index is -1.39. The molecule has 0 spiro atoms. The van der Waals surface area contributed by atoms with Crippen molar-refractivity contribution in [1.29, 1.82) is 0 Å². The van der Waals surface area contributed by atoms with E-state index in [1.54, 1.807) is 43.3 Å². The topological polar surface area (TPSA) is 73.9 Å². The third kappa shape index (κ3) is 4.66. The number of carbonyl (C=O) groups excluding carboxylic acids is 2. The van der Waals surface area contributed by atoms with Gasteiger partial charge in [0, 0.05) is 10.6 Å². The maximum Gasteiger partial charge on any atom is 0.415 e. The van der Waals surface area contributed by atoms with E-state index in [9.17, 15) is 9.59 Å². The fourth-order valence-electron chi connectivity index (χ4n) is 3.79. The van der Waals surface area contributed by atoms with Gasteiger partial charge in [0.05, 0.1) is 0 Å². The Balaban J connectivity index is 1.40. The molecule has 3 aromatic rings. The molecule has 0 aromatic heterocycles. The number of alkyl carbamates (subject to hydrolysis) is 1. The Bertz CT molecular complexity index is 1220. The lowest BCUT2D eigenvalue weighted by molar-refractivity contribution is -0.130. The summed E-state index contributed by atoms with van der Waals surface area (Å²) in [6, 6.07) is 20.0. The molecule has 7 heteroatoms. The highest BCUT2D eigenvalue weighted by molar-refractivity contribution is 6.30. The molecule has 0 unspecified atom stereocenters. The van der Waals surface area contributed by atoms with Crippen LogP contribution in [0.5, 0.6) is 23.0 Å². The molecule has 1 N–H and O–H groups in total. The zero-order valence-electron chi connectivity index (χ0n) is 18.0. The van der Waals surface area contributed by atoms with Gasteiger partial charge in [-0.3, -0.25) is 10.1 Å². The average Bonchev–Trinajstić information content (AvgIpc) is 3.56. The van der Waals surface area contributed by atoms with Crippen molar-refractivity contribution in [1.82, 2.24) is 5.32 Å². The molecule has 168 valence electrons. The summed E-state index contributed by atoms with van der Waals surface area (Å²) in [5.41, 5.74) is 0.198. The molecular formula is C26H22ClNO5. The van der Waals surface area contributed by atoms with Crippen LogP contribution < -0.4 is 14.8 Å². The minimum absolute atomic E-state index is 0.497. The first-order valence-corrected chi connectivity index (χ1v) is 11.2. The number of amides is 2. The summed E-state index contributed by atoms with van der Waals surface area (Å²) in [4.78, 5) is 23.8. The van der Waals surface area contributed by atoms with Gasteiger partial charge in [0.15, 0.2) is 0 Å². The van der Waals surface area contributed by atoms with Gasteiger partial charge in [-0.25, -0.2) is 4.79 Å². The van der Waals surface area contributed by atoms with Crippen molar-refractivity contribution >= 4 is 23.6 Å². The lowest BCUT2D eigenvalue weighted by Gasteiger charge is -2.20. The molecule has 2 aliphatic rings. The molecule has 1 aliphatic carbocycles. The molecule has 5 rings (SSSR count). The van der Waals surface area contributed by atoms with E-state index in [4.69, 9.17) is 25.8 Å². The number of rotatable bonds is 7. The van der Waals surface area contributed by atoms with Gasteiger partial charge in [-0.2, -0.15) is 0 Å². The molecule has 2 fully saturated rings. The number of hydrogen-bond acceptors (Lipinski definition) is 5. The Morgan fingerprint density at radius 3 is 2.39 bits per heavy atom. The van der Waals surface area contributed by atoms with Crippen LogP contribution >= 0.6 is 11.6 Å². The maximum absolute atomic E-state index is 12.2. The summed E-state index contributed by atoms with van der Waals surface area (Å²) in [6.07, 6.45) is 2.55. The summed E-state index contributed by atoms with van der Waals surface area (Å²) in [6.45, 7) is 1.56. The zero-order chi connectivity index (χ0) is 23.0. The molecule has 6 nitrogen and oxygen atoms in total. The number of halogens is 1. The first-order valence-electron chi connectivity index (χ1n) is 10.8. The van der Waals surface area contributed by atoms with E-state index >= 15 is 0 Å². The van der Waals surface area contributed by atoms with E-state index in [0.29, 0.717) is 28.0 Å². The summed E-state index contributed by atoms with van der Waals surface area (Å²) in [5, 5.41) is 2.83. The summed E-state index contributed by atoms with van der Waals surface area (Å²) < 4.78 is 17.5. The standard InChI is InChI=1S/C26H22ClNO5/c1-26(24(29)28-25(30)33-26)18-3-2-4-21(15-18)32-23-12-11-22(14-17(23)13-16-5-6-16)31-20-9-7-19(27)8-10-20/h2-4,7-12,14-16H,5-6,13H2,1H3,(H,28,29,30)/t26-/m1/s1. The summed E-state index contributed by atoms with van der Waals surface area (Å²) >= 11 is 5.96. The Kier molecular flexibility index (Phi) is 5.46. The first kappa shape index (κ1) is 21.3.